The number of nitrogens with zero attached hydrogens (tertiary/aromatic N) is 1. The molecule has 0 heterocycles. The highest BCUT2D eigenvalue weighted by Gasteiger charge is 2.19. The van der Waals surface area contributed by atoms with Crippen molar-refractivity contribution in [1.29, 1.82) is 0 Å². The molecule has 0 aliphatic carbocycles. The van der Waals surface area contributed by atoms with Crippen LogP contribution in [0.2, 0.25) is 0 Å². The van der Waals surface area contributed by atoms with Crippen LogP contribution in [0.4, 0.5) is 20.2 Å². The number of sulfonamides is 1. The van der Waals surface area contributed by atoms with E-state index in [-0.39, 0.29) is 37.1 Å². The average Bonchev–Trinajstić information content (AvgIpc) is 2.61. The van der Waals surface area contributed by atoms with Crippen molar-refractivity contribution in [3.8, 4) is 5.75 Å². The van der Waals surface area contributed by atoms with Crippen LogP contribution in [0.25, 0.3) is 0 Å². The lowest BCUT2D eigenvalue weighted by molar-refractivity contribution is -0.116. The maximum absolute atomic E-state index is 13.4. The van der Waals surface area contributed by atoms with Crippen molar-refractivity contribution in [1.82, 2.24) is 0 Å². The Morgan fingerprint density at radius 2 is 1.76 bits per heavy atom. The summed E-state index contributed by atoms with van der Waals surface area (Å²) in [7, 11) is -3.72. The number of rotatable bonds is 9. The molecule has 0 spiro atoms. The van der Waals surface area contributed by atoms with E-state index in [1.165, 1.54) is 6.07 Å². The van der Waals surface area contributed by atoms with Crippen LogP contribution >= 0.6 is 0 Å². The van der Waals surface area contributed by atoms with Gasteiger partial charge in [-0.15, -0.1) is 0 Å². The highest BCUT2D eigenvalue weighted by molar-refractivity contribution is 7.92. The summed E-state index contributed by atoms with van der Waals surface area (Å²) in [6.45, 7) is 3.78. The molecule has 1 amide bonds. The van der Waals surface area contributed by atoms with E-state index in [0.717, 1.165) is 22.7 Å². The number of carbonyl (C=O) groups is 1. The van der Waals surface area contributed by atoms with Gasteiger partial charge in [-0.2, -0.15) is 0 Å². The van der Waals surface area contributed by atoms with E-state index < -0.39 is 21.7 Å². The fourth-order valence-electron chi connectivity index (χ4n) is 2.62. The summed E-state index contributed by atoms with van der Waals surface area (Å²) in [6.07, 6.45) is 1.27. The summed E-state index contributed by atoms with van der Waals surface area (Å²) in [4.78, 5) is 12.1. The van der Waals surface area contributed by atoms with Crippen molar-refractivity contribution in [2.24, 2.45) is 0 Å². The van der Waals surface area contributed by atoms with Crippen molar-refractivity contribution in [3.05, 3.63) is 54.1 Å². The van der Waals surface area contributed by atoms with Gasteiger partial charge < -0.3 is 10.1 Å². The standard InChI is InChI=1S/C20H24F2N2O4S/c1-14(2)28-17-9-6-15(7-10-17)23-20(25)5-4-12-24(29(3,26)27)16-8-11-18(21)19(22)13-16/h6-11,13-14H,4-5,12H2,1-3H3,(H,23,25). The Bertz CT molecular complexity index is 947. The topological polar surface area (TPSA) is 75.7 Å². The second-order valence-electron chi connectivity index (χ2n) is 6.78. The second kappa shape index (κ2) is 9.69. The lowest BCUT2D eigenvalue weighted by Gasteiger charge is -2.22. The monoisotopic (exact) mass is 426 g/mol. The van der Waals surface area contributed by atoms with E-state index in [1.54, 1.807) is 24.3 Å². The molecule has 6 nitrogen and oxygen atoms in total. The number of hydrogen-bond donors (Lipinski definition) is 1. The summed E-state index contributed by atoms with van der Waals surface area (Å²) in [5.74, 6) is -1.81. The molecule has 0 bridgehead atoms. The number of anilines is 2. The molecule has 29 heavy (non-hydrogen) atoms. The van der Waals surface area contributed by atoms with Crippen LogP contribution in [0.3, 0.4) is 0 Å². The second-order valence-corrected chi connectivity index (χ2v) is 8.68. The lowest BCUT2D eigenvalue weighted by Crippen LogP contribution is -2.31. The Kier molecular flexibility index (Phi) is 7.55. The van der Waals surface area contributed by atoms with E-state index in [9.17, 15) is 22.0 Å². The zero-order valence-electron chi connectivity index (χ0n) is 16.5. The van der Waals surface area contributed by atoms with Crippen LogP contribution < -0.4 is 14.4 Å². The van der Waals surface area contributed by atoms with Crippen molar-refractivity contribution >= 4 is 27.3 Å². The number of benzene rings is 2. The third kappa shape index (κ3) is 7.01. The SMILES string of the molecule is CC(C)Oc1ccc(NC(=O)CCCN(c2ccc(F)c(F)c2)S(C)(=O)=O)cc1. The van der Waals surface area contributed by atoms with Gasteiger partial charge in [0, 0.05) is 24.7 Å². The van der Waals surface area contributed by atoms with E-state index >= 15 is 0 Å². The lowest BCUT2D eigenvalue weighted by atomic mass is 10.2. The van der Waals surface area contributed by atoms with Crippen LogP contribution in [0, 0.1) is 11.6 Å². The van der Waals surface area contributed by atoms with Gasteiger partial charge in [-0.25, -0.2) is 17.2 Å². The zero-order valence-corrected chi connectivity index (χ0v) is 17.3. The van der Waals surface area contributed by atoms with Gasteiger partial charge in [0.25, 0.3) is 0 Å². The molecule has 0 fully saturated rings. The van der Waals surface area contributed by atoms with Gasteiger partial charge in [-0.3, -0.25) is 9.10 Å². The minimum Gasteiger partial charge on any atom is -0.491 e. The third-order valence-electron chi connectivity index (χ3n) is 3.87. The Hall–Kier alpha value is -2.68. The molecule has 0 aliphatic heterocycles. The Balaban J connectivity index is 1.93. The molecule has 2 rings (SSSR count). The van der Waals surface area contributed by atoms with Crippen LogP contribution in [0.1, 0.15) is 26.7 Å². The van der Waals surface area contributed by atoms with Gasteiger partial charge >= 0.3 is 0 Å². The van der Waals surface area contributed by atoms with E-state index in [2.05, 4.69) is 5.32 Å². The Morgan fingerprint density at radius 1 is 1.10 bits per heavy atom. The van der Waals surface area contributed by atoms with Crippen molar-refractivity contribution in [2.45, 2.75) is 32.8 Å². The molecule has 0 saturated carbocycles. The molecule has 2 aromatic carbocycles. The smallest absolute Gasteiger partial charge is 0.232 e. The third-order valence-corrected chi connectivity index (χ3v) is 5.06. The number of halogens is 2. The van der Waals surface area contributed by atoms with Gasteiger partial charge in [0.15, 0.2) is 11.6 Å². The fourth-order valence-corrected chi connectivity index (χ4v) is 3.58. The Labute approximate surface area is 169 Å². The summed E-state index contributed by atoms with van der Waals surface area (Å²) in [5, 5.41) is 2.72. The molecule has 158 valence electrons. The highest BCUT2D eigenvalue weighted by Crippen LogP contribution is 2.21. The average molecular weight is 426 g/mol. The van der Waals surface area contributed by atoms with Crippen LogP contribution in [-0.2, 0) is 14.8 Å². The van der Waals surface area contributed by atoms with Crippen molar-refractivity contribution < 1.29 is 26.7 Å². The maximum Gasteiger partial charge on any atom is 0.232 e. The molecule has 0 aliphatic rings. The summed E-state index contributed by atoms with van der Waals surface area (Å²) in [5.41, 5.74) is 0.597. The molecule has 0 unspecified atom stereocenters. The summed E-state index contributed by atoms with van der Waals surface area (Å²) >= 11 is 0. The summed E-state index contributed by atoms with van der Waals surface area (Å²) in [6, 6.07) is 9.76. The first-order valence-corrected chi connectivity index (χ1v) is 10.9. The van der Waals surface area contributed by atoms with Gasteiger partial charge in [-0.05, 0) is 56.7 Å². The quantitative estimate of drug-likeness (QED) is 0.659. The van der Waals surface area contributed by atoms with Crippen molar-refractivity contribution in [2.75, 3.05) is 22.4 Å². The molecule has 0 aromatic heterocycles. The van der Waals surface area contributed by atoms with Crippen molar-refractivity contribution in [3.63, 3.8) is 0 Å². The Morgan fingerprint density at radius 3 is 2.31 bits per heavy atom. The number of hydrogen-bond acceptors (Lipinski definition) is 4. The first-order chi connectivity index (χ1) is 13.6. The predicted molar refractivity (Wildman–Crippen MR) is 109 cm³/mol. The van der Waals surface area contributed by atoms with Gasteiger partial charge in [0.1, 0.15) is 5.75 Å². The number of ether oxygens (including phenoxy) is 1. The van der Waals surface area contributed by atoms with Gasteiger partial charge in [0.05, 0.1) is 18.0 Å². The molecule has 0 radical (unpaired) electrons. The van der Waals surface area contributed by atoms with E-state index in [0.29, 0.717) is 11.4 Å². The van der Waals surface area contributed by atoms with Crippen LogP contribution in [0.5, 0.6) is 5.75 Å². The molecule has 1 N–H and O–H groups in total. The van der Waals surface area contributed by atoms with E-state index in [4.69, 9.17) is 4.74 Å². The molecular formula is C20H24F2N2O4S. The highest BCUT2D eigenvalue weighted by atomic mass is 32.2. The maximum atomic E-state index is 13.4. The zero-order chi connectivity index (χ0) is 21.6. The largest absolute Gasteiger partial charge is 0.491 e. The number of amides is 1. The van der Waals surface area contributed by atoms with E-state index in [1.807, 2.05) is 13.8 Å². The minimum absolute atomic E-state index is 0.00699. The minimum atomic E-state index is -3.72. The predicted octanol–water partition coefficient (Wildman–Crippen LogP) is 3.94. The molecular weight excluding hydrogens is 402 g/mol. The first kappa shape index (κ1) is 22.6. The molecule has 0 saturated heterocycles. The van der Waals surface area contributed by atoms with Crippen LogP contribution in [0.15, 0.2) is 42.5 Å². The first-order valence-electron chi connectivity index (χ1n) is 9.05. The normalized spacial score (nSPS) is 11.4. The fraction of sp³-hybridized carbons (Fsp3) is 0.350. The van der Waals surface area contributed by atoms with Gasteiger partial charge in [-0.1, -0.05) is 0 Å². The molecule has 0 atom stereocenters. The molecule has 9 heteroatoms. The summed E-state index contributed by atoms with van der Waals surface area (Å²) < 4.78 is 57.0. The van der Waals surface area contributed by atoms with Gasteiger partial charge in [0.2, 0.25) is 15.9 Å². The number of carbonyl (C=O) groups excluding carboxylic acids is 1. The number of nitrogens with one attached hydrogen (secondary N) is 1. The van der Waals surface area contributed by atoms with Crippen LogP contribution in [-0.4, -0.2) is 33.2 Å². The molecule has 2 aromatic rings.